The SMILES string of the molecule is NC/C=C/CNC(=O)C1CCCc2ccccc21. The molecule has 0 bridgehead atoms. The molecule has 1 aromatic rings. The van der Waals surface area contributed by atoms with Gasteiger partial charge in [-0.25, -0.2) is 0 Å². The molecule has 0 radical (unpaired) electrons. The monoisotopic (exact) mass is 244 g/mol. The van der Waals surface area contributed by atoms with Gasteiger partial charge in [0, 0.05) is 13.1 Å². The van der Waals surface area contributed by atoms with Gasteiger partial charge in [-0.1, -0.05) is 36.4 Å². The number of nitrogens with two attached hydrogens (primary N) is 1. The van der Waals surface area contributed by atoms with Crippen molar-refractivity contribution in [1.29, 1.82) is 0 Å². The summed E-state index contributed by atoms with van der Waals surface area (Å²) in [6, 6.07) is 8.26. The Morgan fingerprint density at radius 1 is 1.39 bits per heavy atom. The van der Waals surface area contributed by atoms with Crippen LogP contribution in [0.2, 0.25) is 0 Å². The zero-order chi connectivity index (χ0) is 12.8. The average molecular weight is 244 g/mol. The summed E-state index contributed by atoms with van der Waals surface area (Å²) in [4.78, 5) is 12.1. The molecule has 3 N–H and O–H groups in total. The average Bonchev–Trinajstić information content (AvgIpc) is 2.43. The molecular formula is C15H20N2O. The smallest absolute Gasteiger partial charge is 0.227 e. The van der Waals surface area contributed by atoms with Gasteiger partial charge in [-0.15, -0.1) is 0 Å². The Labute approximate surface area is 108 Å². The van der Waals surface area contributed by atoms with Crippen molar-refractivity contribution in [3.63, 3.8) is 0 Å². The van der Waals surface area contributed by atoms with Crippen LogP contribution in [0.1, 0.15) is 29.9 Å². The fourth-order valence-electron chi connectivity index (χ4n) is 2.49. The lowest BCUT2D eigenvalue weighted by Gasteiger charge is -2.24. The van der Waals surface area contributed by atoms with E-state index in [1.54, 1.807) is 0 Å². The van der Waals surface area contributed by atoms with E-state index in [4.69, 9.17) is 5.73 Å². The van der Waals surface area contributed by atoms with Crippen molar-refractivity contribution in [1.82, 2.24) is 5.32 Å². The first kappa shape index (κ1) is 12.8. The molecule has 1 aromatic carbocycles. The Hall–Kier alpha value is -1.61. The van der Waals surface area contributed by atoms with Crippen molar-refractivity contribution < 1.29 is 4.79 Å². The van der Waals surface area contributed by atoms with E-state index in [2.05, 4.69) is 17.4 Å². The highest BCUT2D eigenvalue weighted by Gasteiger charge is 2.25. The summed E-state index contributed by atoms with van der Waals surface area (Å²) in [5.74, 6) is 0.144. The zero-order valence-electron chi connectivity index (χ0n) is 10.6. The fourth-order valence-corrected chi connectivity index (χ4v) is 2.49. The maximum absolute atomic E-state index is 12.1. The number of aryl methyl sites for hydroxylation is 1. The highest BCUT2D eigenvalue weighted by atomic mass is 16.1. The van der Waals surface area contributed by atoms with Gasteiger partial charge in [-0.05, 0) is 30.4 Å². The first-order chi connectivity index (χ1) is 8.83. The minimum Gasteiger partial charge on any atom is -0.352 e. The van der Waals surface area contributed by atoms with Gasteiger partial charge in [0.1, 0.15) is 0 Å². The van der Waals surface area contributed by atoms with Crippen LogP contribution in [0, 0.1) is 0 Å². The van der Waals surface area contributed by atoms with E-state index >= 15 is 0 Å². The third kappa shape index (κ3) is 2.99. The van der Waals surface area contributed by atoms with Gasteiger partial charge in [-0.2, -0.15) is 0 Å². The number of rotatable bonds is 4. The highest BCUT2D eigenvalue weighted by Crippen LogP contribution is 2.31. The van der Waals surface area contributed by atoms with E-state index in [1.807, 2.05) is 24.3 Å². The summed E-state index contributed by atoms with van der Waals surface area (Å²) in [7, 11) is 0. The normalized spacial score (nSPS) is 18.6. The predicted molar refractivity (Wildman–Crippen MR) is 73.3 cm³/mol. The van der Waals surface area contributed by atoms with Crippen molar-refractivity contribution in [3.05, 3.63) is 47.5 Å². The molecule has 1 atom stereocenters. The molecule has 0 spiro atoms. The van der Waals surface area contributed by atoms with Crippen molar-refractivity contribution >= 4 is 5.91 Å². The molecule has 1 aliphatic rings. The molecule has 0 fully saturated rings. The van der Waals surface area contributed by atoms with E-state index in [9.17, 15) is 4.79 Å². The lowest BCUT2D eigenvalue weighted by Crippen LogP contribution is -2.31. The first-order valence-corrected chi connectivity index (χ1v) is 6.53. The predicted octanol–water partition coefficient (Wildman–Crippen LogP) is 1.74. The number of hydrogen-bond acceptors (Lipinski definition) is 2. The molecule has 96 valence electrons. The van der Waals surface area contributed by atoms with Crippen LogP contribution in [0.15, 0.2) is 36.4 Å². The van der Waals surface area contributed by atoms with E-state index in [1.165, 1.54) is 11.1 Å². The van der Waals surface area contributed by atoms with Crippen LogP contribution >= 0.6 is 0 Å². The van der Waals surface area contributed by atoms with Gasteiger partial charge >= 0.3 is 0 Å². The maximum atomic E-state index is 12.1. The number of amides is 1. The molecule has 1 aliphatic carbocycles. The molecule has 1 unspecified atom stereocenters. The fraction of sp³-hybridized carbons (Fsp3) is 0.400. The molecule has 0 aromatic heterocycles. The third-order valence-electron chi connectivity index (χ3n) is 3.38. The lowest BCUT2D eigenvalue weighted by atomic mass is 9.82. The van der Waals surface area contributed by atoms with Crippen molar-refractivity contribution in [2.45, 2.75) is 25.2 Å². The minimum atomic E-state index is 0.0150. The summed E-state index contributed by atoms with van der Waals surface area (Å²) in [5.41, 5.74) is 7.87. The maximum Gasteiger partial charge on any atom is 0.227 e. The summed E-state index contributed by atoms with van der Waals surface area (Å²) >= 11 is 0. The molecular weight excluding hydrogens is 224 g/mol. The Morgan fingerprint density at radius 2 is 2.22 bits per heavy atom. The summed E-state index contributed by atoms with van der Waals surface area (Å²) in [6.45, 7) is 1.08. The standard InChI is InChI=1S/C15H20N2O/c16-10-3-4-11-17-15(18)14-9-5-7-12-6-1-2-8-13(12)14/h1-4,6,8,14H,5,7,9-11,16H2,(H,17,18)/b4-3+. The van der Waals surface area contributed by atoms with E-state index in [-0.39, 0.29) is 11.8 Å². The number of nitrogens with one attached hydrogen (secondary N) is 1. The minimum absolute atomic E-state index is 0.0150. The van der Waals surface area contributed by atoms with Gasteiger partial charge in [-0.3, -0.25) is 4.79 Å². The Balaban J connectivity index is 2.01. The van der Waals surface area contributed by atoms with Crippen LogP contribution in [-0.4, -0.2) is 19.0 Å². The van der Waals surface area contributed by atoms with Gasteiger partial charge in [0.15, 0.2) is 0 Å². The number of fused-ring (bicyclic) bond motifs is 1. The summed E-state index contributed by atoms with van der Waals surface area (Å²) < 4.78 is 0. The molecule has 2 rings (SSSR count). The van der Waals surface area contributed by atoms with Gasteiger partial charge in [0.2, 0.25) is 5.91 Å². The van der Waals surface area contributed by atoms with Crippen LogP contribution in [0.4, 0.5) is 0 Å². The largest absolute Gasteiger partial charge is 0.352 e. The molecule has 0 aliphatic heterocycles. The number of benzene rings is 1. The highest BCUT2D eigenvalue weighted by molar-refractivity contribution is 5.84. The van der Waals surface area contributed by atoms with E-state index in [0.29, 0.717) is 13.1 Å². The van der Waals surface area contributed by atoms with Gasteiger partial charge < -0.3 is 11.1 Å². The second-order valence-corrected chi connectivity index (χ2v) is 4.60. The summed E-state index contributed by atoms with van der Waals surface area (Å²) in [5, 5.41) is 2.95. The topological polar surface area (TPSA) is 55.1 Å². The molecule has 1 amide bonds. The first-order valence-electron chi connectivity index (χ1n) is 6.53. The van der Waals surface area contributed by atoms with Crippen LogP contribution in [0.25, 0.3) is 0 Å². The van der Waals surface area contributed by atoms with E-state index in [0.717, 1.165) is 19.3 Å². The molecule has 3 nitrogen and oxygen atoms in total. The van der Waals surface area contributed by atoms with Crippen LogP contribution in [-0.2, 0) is 11.2 Å². The van der Waals surface area contributed by atoms with Gasteiger partial charge in [0.05, 0.1) is 5.92 Å². The Morgan fingerprint density at radius 3 is 3.06 bits per heavy atom. The summed E-state index contributed by atoms with van der Waals surface area (Å²) in [6.07, 6.45) is 6.88. The van der Waals surface area contributed by atoms with Crippen LogP contribution in [0.3, 0.4) is 0 Å². The second-order valence-electron chi connectivity index (χ2n) is 4.60. The molecule has 0 saturated carbocycles. The molecule has 0 saturated heterocycles. The number of carbonyl (C=O) groups excluding carboxylic acids is 1. The third-order valence-corrected chi connectivity index (χ3v) is 3.38. The Kier molecular flexibility index (Phi) is 4.53. The lowest BCUT2D eigenvalue weighted by molar-refractivity contribution is -0.122. The Bertz CT molecular complexity index is 440. The number of carbonyl (C=O) groups is 1. The van der Waals surface area contributed by atoms with Crippen molar-refractivity contribution in [2.75, 3.05) is 13.1 Å². The zero-order valence-corrected chi connectivity index (χ0v) is 10.6. The second kappa shape index (κ2) is 6.36. The van der Waals surface area contributed by atoms with Gasteiger partial charge in [0.25, 0.3) is 0 Å². The quantitative estimate of drug-likeness (QED) is 0.793. The molecule has 0 heterocycles. The molecule has 3 heteroatoms. The van der Waals surface area contributed by atoms with Crippen molar-refractivity contribution in [2.24, 2.45) is 5.73 Å². The number of hydrogen-bond donors (Lipinski definition) is 2. The van der Waals surface area contributed by atoms with Crippen LogP contribution < -0.4 is 11.1 Å². The van der Waals surface area contributed by atoms with Crippen LogP contribution in [0.5, 0.6) is 0 Å². The van der Waals surface area contributed by atoms with E-state index < -0.39 is 0 Å². The molecule has 18 heavy (non-hydrogen) atoms. The van der Waals surface area contributed by atoms with Crippen molar-refractivity contribution in [3.8, 4) is 0 Å².